The van der Waals surface area contributed by atoms with E-state index in [1.165, 1.54) is 0 Å². The summed E-state index contributed by atoms with van der Waals surface area (Å²) < 4.78 is 0. The summed E-state index contributed by atoms with van der Waals surface area (Å²) in [6, 6.07) is 15.1. The first-order chi connectivity index (χ1) is 9.72. The zero-order valence-electron chi connectivity index (χ0n) is 10.6. The zero-order valence-corrected chi connectivity index (χ0v) is 11.4. The van der Waals surface area contributed by atoms with Gasteiger partial charge in [-0.05, 0) is 42.0 Å². The number of benzene rings is 2. The van der Waals surface area contributed by atoms with Crippen LogP contribution in [0.4, 0.5) is 5.69 Å². The van der Waals surface area contributed by atoms with Gasteiger partial charge in [-0.15, -0.1) is 0 Å². The summed E-state index contributed by atoms with van der Waals surface area (Å²) in [6.45, 7) is 0. The van der Waals surface area contributed by atoms with Crippen molar-refractivity contribution in [2.45, 2.75) is 0 Å². The summed E-state index contributed by atoms with van der Waals surface area (Å²) in [5, 5.41) is 0.699. The molecule has 0 aliphatic rings. The standard InChI is InChI=1S/C16H12ClN3/c17-14-3-1-2-12(8-14)13-9-19-16(20-10-13)11-4-6-15(18)7-5-11/h1-10H,18H2. The number of hydrogen-bond donors (Lipinski definition) is 1. The Balaban J connectivity index is 1.93. The van der Waals surface area contributed by atoms with Gasteiger partial charge in [0.25, 0.3) is 0 Å². The predicted molar refractivity (Wildman–Crippen MR) is 82.3 cm³/mol. The number of rotatable bonds is 2. The second-order valence-corrected chi connectivity index (χ2v) is 4.86. The number of hydrogen-bond acceptors (Lipinski definition) is 3. The van der Waals surface area contributed by atoms with E-state index in [0.717, 1.165) is 22.4 Å². The van der Waals surface area contributed by atoms with E-state index in [-0.39, 0.29) is 0 Å². The molecule has 0 fully saturated rings. The maximum Gasteiger partial charge on any atom is 0.159 e. The van der Waals surface area contributed by atoms with Gasteiger partial charge in [0, 0.05) is 34.2 Å². The lowest BCUT2D eigenvalue weighted by molar-refractivity contribution is 1.18. The summed E-state index contributed by atoms with van der Waals surface area (Å²) in [7, 11) is 0. The van der Waals surface area contributed by atoms with E-state index in [9.17, 15) is 0 Å². The first kappa shape index (κ1) is 12.6. The molecule has 0 amide bonds. The molecule has 1 aromatic heterocycles. The highest BCUT2D eigenvalue weighted by Crippen LogP contribution is 2.23. The first-order valence-corrected chi connectivity index (χ1v) is 6.54. The van der Waals surface area contributed by atoms with Gasteiger partial charge in [0.15, 0.2) is 5.82 Å². The van der Waals surface area contributed by atoms with Crippen molar-refractivity contribution in [1.82, 2.24) is 9.97 Å². The lowest BCUT2D eigenvalue weighted by atomic mass is 10.1. The second-order valence-electron chi connectivity index (χ2n) is 4.43. The monoisotopic (exact) mass is 281 g/mol. The second kappa shape index (κ2) is 5.31. The topological polar surface area (TPSA) is 51.8 Å². The number of nitrogens with zero attached hydrogens (tertiary/aromatic N) is 2. The highest BCUT2D eigenvalue weighted by atomic mass is 35.5. The van der Waals surface area contributed by atoms with E-state index in [0.29, 0.717) is 10.8 Å². The van der Waals surface area contributed by atoms with Crippen LogP contribution in [-0.4, -0.2) is 9.97 Å². The van der Waals surface area contributed by atoms with Crippen LogP contribution in [-0.2, 0) is 0 Å². The maximum atomic E-state index is 5.98. The third-order valence-electron chi connectivity index (χ3n) is 2.98. The minimum atomic E-state index is 0.677. The van der Waals surface area contributed by atoms with Gasteiger partial charge in [0.05, 0.1) is 0 Å². The number of aromatic nitrogens is 2. The van der Waals surface area contributed by atoms with Crippen LogP contribution in [0.15, 0.2) is 60.9 Å². The van der Waals surface area contributed by atoms with Gasteiger partial charge in [-0.2, -0.15) is 0 Å². The predicted octanol–water partition coefficient (Wildman–Crippen LogP) is 4.05. The molecular formula is C16H12ClN3. The highest BCUT2D eigenvalue weighted by molar-refractivity contribution is 6.30. The maximum absolute atomic E-state index is 5.98. The van der Waals surface area contributed by atoms with Crippen LogP contribution in [0, 0.1) is 0 Å². The van der Waals surface area contributed by atoms with E-state index in [4.69, 9.17) is 17.3 Å². The van der Waals surface area contributed by atoms with E-state index < -0.39 is 0 Å². The molecule has 0 atom stereocenters. The Morgan fingerprint density at radius 2 is 1.50 bits per heavy atom. The summed E-state index contributed by atoms with van der Waals surface area (Å²) in [6.07, 6.45) is 3.59. The molecule has 98 valence electrons. The van der Waals surface area contributed by atoms with Crippen molar-refractivity contribution in [1.29, 1.82) is 0 Å². The summed E-state index contributed by atoms with van der Waals surface area (Å²) in [5.74, 6) is 0.677. The average molecular weight is 282 g/mol. The fraction of sp³-hybridized carbons (Fsp3) is 0. The van der Waals surface area contributed by atoms with Crippen molar-refractivity contribution in [3.05, 3.63) is 65.9 Å². The van der Waals surface area contributed by atoms with Gasteiger partial charge in [-0.1, -0.05) is 23.7 Å². The molecule has 4 heteroatoms. The molecule has 0 radical (unpaired) electrons. The Bertz CT molecular complexity index is 721. The van der Waals surface area contributed by atoms with Crippen LogP contribution in [0.25, 0.3) is 22.5 Å². The van der Waals surface area contributed by atoms with Crippen molar-refractivity contribution >= 4 is 17.3 Å². The largest absolute Gasteiger partial charge is 0.399 e. The highest BCUT2D eigenvalue weighted by Gasteiger charge is 2.03. The Labute approximate surface area is 122 Å². The molecule has 0 bridgehead atoms. The van der Waals surface area contributed by atoms with Crippen molar-refractivity contribution in [3.63, 3.8) is 0 Å². The Morgan fingerprint density at radius 3 is 2.15 bits per heavy atom. The average Bonchev–Trinajstić information content (AvgIpc) is 2.48. The lowest BCUT2D eigenvalue weighted by Gasteiger charge is -2.04. The van der Waals surface area contributed by atoms with E-state index in [1.807, 2.05) is 48.5 Å². The quantitative estimate of drug-likeness (QED) is 0.721. The third kappa shape index (κ3) is 2.63. The van der Waals surface area contributed by atoms with Gasteiger partial charge in [0.2, 0.25) is 0 Å². The normalized spacial score (nSPS) is 10.4. The summed E-state index contributed by atoms with van der Waals surface area (Å²) in [4.78, 5) is 8.78. The SMILES string of the molecule is Nc1ccc(-c2ncc(-c3cccc(Cl)c3)cn2)cc1. The fourth-order valence-corrected chi connectivity index (χ4v) is 2.12. The van der Waals surface area contributed by atoms with Gasteiger partial charge in [0.1, 0.15) is 0 Å². The molecule has 3 rings (SSSR count). The lowest BCUT2D eigenvalue weighted by Crippen LogP contribution is -1.90. The minimum absolute atomic E-state index is 0.677. The minimum Gasteiger partial charge on any atom is -0.399 e. The molecule has 0 spiro atoms. The molecule has 2 aromatic carbocycles. The zero-order chi connectivity index (χ0) is 13.9. The van der Waals surface area contributed by atoms with E-state index >= 15 is 0 Å². The molecule has 0 saturated carbocycles. The Kier molecular flexibility index (Phi) is 3.35. The summed E-state index contributed by atoms with van der Waals surface area (Å²) >= 11 is 5.98. The molecule has 2 N–H and O–H groups in total. The van der Waals surface area contributed by atoms with Crippen LogP contribution in [0.2, 0.25) is 5.02 Å². The molecule has 0 unspecified atom stereocenters. The van der Waals surface area contributed by atoms with Crippen molar-refractivity contribution < 1.29 is 0 Å². The van der Waals surface area contributed by atoms with Crippen LogP contribution >= 0.6 is 11.6 Å². The third-order valence-corrected chi connectivity index (χ3v) is 3.21. The Hall–Kier alpha value is -2.39. The molecule has 3 nitrogen and oxygen atoms in total. The summed E-state index contributed by atoms with van der Waals surface area (Å²) in [5.41, 5.74) is 9.27. The molecular weight excluding hydrogens is 270 g/mol. The van der Waals surface area contributed by atoms with Gasteiger partial charge in [-0.25, -0.2) is 9.97 Å². The van der Waals surface area contributed by atoms with Gasteiger partial charge < -0.3 is 5.73 Å². The van der Waals surface area contributed by atoms with Crippen LogP contribution in [0.3, 0.4) is 0 Å². The van der Waals surface area contributed by atoms with Crippen molar-refractivity contribution in [2.75, 3.05) is 5.73 Å². The molecule has 1 heterocycles. The van der Waals surface area contributed by atoms with E-state index in [2.05, 4.69) is 9.97 Å². The van der Waals surface area contributed by atoms with Gasteiger partial charge in [-0.3, -0.25) is 0 Å². The molecule has 0 aliphatic heterocycles. The number of anilines is 1. The van der Waals surface area contributed by atoms with Crippen LogP contribution < -0.4 is 5.73 Å². The first-order valence-electron chi connectivity index (χ1n) is 6.16. The number of halogens is 1. The molecule has 20 heavy (non-hydrogen) atoms. The van der Waals surface area contributed by atoms with Gasteiger partial charge >= 0.3 is 0 Å². The number of nitrogens with two attached hydrogens (primary N) is 1. The Morgan fingerprint density at radius 1 is 0.800 bits per heavy atom. The molecule has 0 aliphatic carbocycles. The fourth-order valence-electron chi connectivity index (χ4n) is 1.93. The van der Waals surface area contributed by atoms with Crippen LogP contribution in [0.1, 0.15) is 0 Å². The smallest absolute Gasteiger partial charge is 0.159 e. The van der Waals surface area contributed by atoms with Crippen LogP contribution in [0.5, 0.6) is 0 Å². The molecule has 0 saturated heterocycles. The van der Waals surface area contributed by atoms with Crippen molar-refractivity contribution in [2.24, 2.45) is 0 Å². The molecule has 3 aromatic rings. The van der Waals surface area contributed by atoms with Crippen molar-refractivity contribution in [3.8, 4) is 22.5 Å². The van der Waals surface area contributed by atoms with E-state index in [1.54, 1.807) is 12.4 Å². The number of nitrogen functional groups attached to an aromatic ring is 1.